The van der Waals surface area contributed by atoms with Gasteiger partial charge < -0.3 is 24.6 Å². The zero-order chi connectivity index (χ0) is 24.8. The van der Waals surface area contributed by atoms with Gasteiger partial charge in [0, 0.05) is 13.0 Å². The van der Waals surface area contributed by atoms with Crippen LogP contribution in [0.5, 0.6) is 17.2 Å². The summed E-state index contributed by atoms with van der Waals surface area (Å²) in [7, 11) is 4.50. The first kappa shape index (κ1) is 25.1. The molecule has 2 amide bonds. The predicted molar refractivity (Wildman–Crippen MR) is 133 cm³/mol. The summed E-state index contributed by atoms with van der Waals surface area (Å²) in [6.07, 6.45) is 1.60. The molecular weight excluding hydrogens is 480 g/mol. The van der Waals surface area contributed by atoms with Crippen molar-refractivity contribution in [2.24, 2.45) is 0 Å². The number of hydrogen-bond acceptors (Lipinski definition) is 8. The van der Waals surface area contributed by atoms with E-state index in [9.17, 15) is 19.5 Å². The number of carbonyl (C=O) groups is 3. The molecule has 2 aromatic carbocycles. The van der Waals surface area contributed by atoms with Crippen LogP contribution >= 0.6 is 24.0 Å². The van der Waals surface area contributed by atoms with Crippen molar-refractivity contribution in [1.29, 1.82) is 0 Å². The number of anilines is 1. The SMILES string of the molecule is COc1cc(/C=C2/SC(=S)N(CCC(=O)Nc3ccccc3C(=O)O)C2=O)cc(OC)c1OC. The van der Waals surface area contributed by atoms with Crippen LogP contribution < -0.4 is 19.5 Å². The lowest BCUT2D eigenvalue weighted by Gasteiger charge is -2.15. The number of thiocarbonyl (C=S) groups is 1. The van der Waals surface area contributed by atoms with Crippen LogP contribution in [0.2, 0.25) is 0 Å². The second-order valence-electron chi connectivity index (χ2n) is 6.94. The number of aromatic carboxylic acids is 1. The predicted octanol–water partition coefficient (Wildman–Crippen LogP) is 3.64. The topological polar surface area (TPSA) is 114 Å². The Labute approximate surface area is 205 Å². The van der Waals surface area contributed by atoms with Crippen molar-refractivity contribution in [3.63, 3.8) is 0 Å². The fraction of sp³-hybridized carbons (Fsp3) is 0.217. The molecule has 0 unspecified atom stereocenters. The monoisotopic (exact) mass is 502 g/mol. The van der Waals surface area contributed by atoms with E-state index in [-0.39, 0.29) is 30.1 Å². The van der Waals surface area contributed by atoms with Gasteiger partial charge in [-0.15, -0.1) is 0 Å². The third-order valence-electron chi connectivity index (χ3n) is 4.85. The Hall–Kier alpha value is -3.57. The quantitative estimate of drug-likeness (QED) is 0.392. The minimum Gasteiger partial charge on any atom is -0.493 e. The summed E-state index contributed by atoms with van der Waals surface area (Å²) in [5.41, 5.74) is 0.820. The molecule has 1 fully saturated rings. The Bertz CT molecular complexity index is 1150. The molecule has 3 rings (SSSR count). The number of hydrogen-bond donors (Lipinski definition) is 2. The van der Waals surface area contributed by atoms with Crippen molar-refractivity contribution in [2.45, 2.75) is 6.42 Å². The maximum Gasteiger partial charge on any atom is 0.337 e. The van der Waals surface area contributed by atoms with Gasteiger partial charge in [-0.3, -0.25) is 14.5 Å². The lowest BCUT2D eigenvalue weighted by molar-refractivity contribution is -0.122. The molecule has 0 bridgehead atoms. The Kier molecular flexibility index (Phi) is 8.13. The van der Waals surface area contributed by atoms with Crippen LogP contribution in [0.25, 0.3) is 6.08 Å². The van der Waals surface area contributed by atoms with E-state index >= 15 is 0 Å². The van der Waals surface area contributed by atoms with Gasteiger partial charge >= 0.3 is 5.97 Å². The average molecular weight is 503 g/mol. The molecule has 1 heterocycles. The van der Waals surface area contributed by atoms with Crippen LogP contribution in [-0.2, 0) is 9.59 Å². The molecular formula is C23H22N2O7S2. The molecule has 1 aliphatic rings. The van der Waals surface area contributed by atoms with E-state index in [1.807, 2.05) is 0 Å². The van der Waals surface area contributed by atoms with E-state index in [4.69, 9.17) is 26.4 Å². The number of carbonyl (C=O) groups excluding carboxylic acids is 2. The number of para-hydroxylation sites is 1. The van der Waals surface area contributed by atoms with E-state index in [0.717, 1.165) is 11.8 Å². The second-order valence-corrected chi connectivity index (χ2v) is 8.62. The van der Waals surface area contributed by atoms with Gasteiger partial charge in [0.1, 0.15) is 4.32 Å². The summed E-state index contributed by atoms with van der Waals surface area (Å²) in [5, 5.41) is 11.8. The zero-order valence-electron chi connectivity index (χ0n) is 18.6. The molecule has 178 valence electrons. The maximum absolute atomic E-state index is 12.9. The molecule has 11 heteroatoms. The number of methoxy groups -OCH3 is 3. The molecule has 0 aromatic heterocycles. The third-order valence-corrected chi connectivity index (χ3v) is 6.23. The first-order chi connectivity index (χ1) is 16.3. The van der Waals surface area contributed by atoms with Gasteiger partial charge in [-0.05, 0) is 35.9 Å². The Balaban J connectivity index is 1.71. The van der Waals surface area contributed by atoms with Gasteiger partial charge in [0.25, 0.3) is 5.91 Å². The highest BCUT2D eigenvalue weighted by Crippen LogP contribution is 2.40. The maximum atomic E-state index is 12.9. The second kappa shape index (κ2) is 11.0. The van der Waals surface area contributed by atoms with Gasteiger partial charge in [0.2, 0.25) is 11.7 Å². The lowest BCUT2D eigenvalue weighted by atomic mass is 10.1. The summed E-state index contributed by atoms with van der Waals surface area (Å²) in [5.74, 6) is -0.586. The number of carboxylic acid groups (broad SMARTS) is 1. The van der Waals surface area contributed by atoms with E-state index in [2.05, 4.69) is 5.32 Å². The summed E-state index contributed by atoms with van der Waals surface area (Å²) in [6, 6.07) is 9.51. The molecule has 0 spiro atoms. The molecule has 1 aliphatic heterocycles. The first-order valence-corrected chi connectivity index (χ1v) is 11.2. The molecule has 2 N–H and O–H groups in total. The number of benzene rings is 2. The highest BCUT2D eigenvalue weighted by atomic mass is 32.2. The first-order valence-electron chi connectivity index (χ1n) is 9.96. The van der Waals surface area contributed by atoms with Gasteiger partial charge in [-0.2, -0.15) is 0 Å². The number of amides is 2. The van der Waals surface area contributed by atoms with E-state index in [1.165, 1.54) is 38.4 Å². The minimum atomic E-state index is -1.15. The van der Waals surface area contributed by atoms with Crippen molar-refractivity contribution >= 4 is 57.8 Å². The molecule has 0 aliphatic carbocycles. The highest BCUT2D eigenvalue weighted by molar-refractivity contribution is 8.26. The fourth-order valence-electron chi connectivity index (χ4n) is 3.23. The van der Waals surface area contributed by atoms with E-state index in [1.54, 1.807) is 30.3 Å². The van der Waals surface area contributed by atoms with Crippen molar-refractivity contribution in [1.82, 2.24) is 4.90 Å². The van der Waals surface area contributed by atoms with Crippen molar-refractivity contribution in [2.75, 3.05) is 33.2 Å². The van der Waals surface area contributed by atoms with Gasteiger partial charge in [0.15, 0.2) is 11.5 Å². The molecule has 2 aromatic rings. The minimum absolute atomic E-state index is 0.0188. The van der Waals surface area contributed by atoms with E-state index < -0.39 is 11.9 Å². The average Bonchev–Trinajstić information content (AvgIpc) is 3.09. The summed E-state index contributed by atoms with van der Waals surface area (Å²) in [4.78, 5) is 38.3. The summed E-state index contributed by atoms with van der Waals surface area (Å²) in [6.45, 7) is 0.0539. The molecule has 0 radical (unpaired) electrons. The Morgan fingerprint density at radius 1 is 1.12 bits per heavy atom. The number of nitrogens with one attached hydrogen (secondary N) is 1. The number of nitrogens with zero attached hydrogens (tertiary/aromatic N) is 1. The highest BCUT2D eigenvalue weighted by Gasteiger charge is 2.32. The third kappa shape index (κ3) is 5.49. The Morgan fingerprint density at radius 2 is 1.76 bits per heavy atom. The van der Waals surface area contributed by atoms with Crippen LogP contribution in [0.3, 0.4) is 0 Å². The Morgan fingerprint density at radius 3 is 2.35 bits per heavy atom. The molecule has 1 saturated heterocycles. The van der Waals surface area contributed by atoms with Crippen LogP contribution in [-0.4, -0.2) is 60.0 Å². The largest absolute Gasteiger partial charge is 0.493 e. The molecule has 9 nitrogen and oxygen atoms in total. The van der Waals surface area contributed by atoms with Crippen molar-refractivity contribution < 1.29 is 33.7 Å². The van der Waals surface area contributed by atoms with Crippen LogP contribution in [0, 0.1) is 0 Å². The molecule has 34 heavy (non-hydrogen) atoms. The van der Waals surface area contributed by atoms with Crippen molar-refractivity contribution in [3.05, 3.63) is 52.4 Å². The van der Waals surface area contributed by atoms with Crippen LogP contribution in [0.15, 0.2) is 41.3 Å². The number of carboxylic acids is 1. The smallest absolute Gasteiger partial charge is 0.337 e. The van der Waals surface area contributed by atoms with Crippen LogP contribution in [0.4, 0.5) is 5.69 Å². The number of rotatable bonds is 9. The molecule has 0 saturated carbocycles. The number of thioether (sulfide) groups is 1. The standard InChI is InChI=1S/C23H22N2O7S2/c1-30-16-10-13(11-17(31-2)20(16)32-3)12-18-21(27)25(23(33)34-18)9-8-19(26)24-15-7-5-4-6-14(15)22(28)29/h4-7,10-12H,8-9H2,1-3H3,(H,24,26)(H,28,29)/b18-12+. The summed E-state index contributed by atoms with van der Waals surface area (Å²) >= 11 is 6.45. The normalized spacial score (nSPS) is 14.3. The number of ether oxygens (including phenoxy) is 3. The van der Waals surface area contributed by atoms with Gasteiger partial charge in [0.05, 0.1) is 37.5 Å². The lowest BCUT2D eigenvalue weighted by Crippen LogP contribution is -2.31. The molecule has 0 atom stereocenters. The van der Waals surface area contributed by atoms with Crippen LogP contribution in [0.1, 0.15) is 22.3 Å². The van der Waals surface area contributed by atoms with Gasteiger partial charge in [-0.1, -0.05) is 36.1 Å². The van der Waals surface area contributed by atoms with Crippen molar-refractivity contribution in [3.8, 4) is 17.2 Å². The zero-order valence-corrected chi connectivity index (χ0v) is 20.2. The van der Waals surface area contributed by atoms with Gasteiger partial charge in [-0.25, -0.2) is 4.79 Å². The van der Waals surface area contributed by atoms with E-state index in [0.29, 0.717) is 32.0 Å². The fourth-order valence-corrected chi connectivity index (χ4v) is 4.54. The summed E-state index contributed by atoms with van der Waals surface area (Å²) < 4.78 is 16.3.